The summed E-state index contributed by atoms with van der Waals surface area (Å²) in [5, 5.41) is 0. The largest absolute Gasteiger partial charge is 0.399 e. The molecule has 0 aromatic heterocycles. The molecule has 0 saturated carbocycles. The van der Waals surface area contributed by atoms with Crippen molar-refractivity contribution in [2.45, 2.75) is 48.5 Å². The first-order valence-corrected chi connectivity index (χ1v) is 4.74. The predicted octanol–water partition coefficient (Wildman–Crippen LogP) is 3.87. The van der Waals surface area contributed by atoms with Crippen molar-refractivity contribution in [3.05, 3.63) is 23.4 Å². The lowest BCUT2D eigenvalue weighted by atomic mass is 10.2. The van der Waals surface area contributed by atoms with Gasteiger partial charge in [-0.05, 0) is 26.8 Å². The number of hydrogen-bond donors (Lipinski definition) is 1. The van der Waals surface area contributed by atoms with Crippen LogP contribution in [0, 0.1) is 0 Å². The second kappa shape index (κ2) is 16.7. The Morgan fingerprint density at radius 1 is 1.00 bits per heavy atom. The van der Waals surface area contributed by atoms with E-state index in [1.807, 2.05) is 60.6 Å². The zero-order valence-corrected chi connectivity index (χ0v) is 9.73. The Morgan fingerprint density at radius 2 is 1.33 bits per heavy atom. The molecule has 0 rings (SSSR count). The molecule has 0 heterocycles. The maximum absolute atomic E-state index is 5.52. The monoisotopic (exact) mass is 171 g/mol. The average Bonchev–Trinajstić information content (AvgIpc) is 2.12. The first-order chi connectivity index (χ1) is 5.68. The Bertz CT molecular complexity index is 117. The van der Waals surface area contributed by atoms with E-state index < -0.39 is 0 Å². The molecule has 0 aliphatic carbocycles. The van der Waals surface area contributed by atoms with Crippen LogP contribution >= 0.6 is 0 Å². The van der Waals surface area contributed by atoms with Crippen LogP contribution in [0.5, 0.6) is 0 Å². The van der Waals surface area contributed by atoms with Crippen LogP contribution in [0.25, 0.3) is 0 Å². The lowest BCUT2D eigenvalue weighted by Crippen LogP contribution is -1.94. The second-order valence-corrected chi connectivity index (χ2v) is 1.96. The molecular formula is C11H25N. The van der Waals surface area contributed by atoms with E-state index in [9.17, 15) is 0 Å². The number of nitrogens with two attached hydrogens (primary N) is 1. The van der Waals surface area contributed by atoms with Crippen molar-refractivity contribution < 1.29 is 0 Å². The van der Waals surface area contributed by atoms with Crippen molar-refractivity contribution in [3.63, 3.8) is 0 Å². The van der Waals surface area contributed by atoms with Crippen molar-refractivity contribution in [2.24, 2.45) is 5.73 Å². The van der Waals surface area contributed by atoms with E-state index >= 15 is 0 Å². The van der Waals surface area contributed by atoms with Crippen LogP contribution in [-0.4, -0.2) is 0 Å². The number of allylic oxidation sites excluding steroid dienone is 3. The summed E-state index contributed by atoms with van der Waals surface area (Å²) < 4.78 is 0. The smallest absolute Gasteiger partial charge is 0.0296 e. The maximum atomic E-state index is 5.52. The first-order valence-electron chi connectivity index (χ1n) is 4.74. The average molecular weight is 171 g/mol. The van der Waals surface area contributed by atoms with Crippen LogP contribution in [0.15, 0.2) is 23.4 Å². The van der Waals surface area contributed by atoms with Crippen molar-refractivity contribution in [2.75, 3.05) is 0 Å². The van der Waals surface area contributed by atoms with E-state index in [0.717, 1.165) is 5.70 Å². The molecule has 0 saturated heterocycles. The molecule has 0 aliphatic heterocycles. The van der Waals surface area contributed by atoms with Gasteiger partial charge in [0.15, 0.2) is 0 Å². The standard InChI is InChI=1S/C7H13N.2C2H6/c1-4-5-7(8)6(2)3;2*1-2/h4-5H,8H2,1-3H3;2*1-2H3/b5-4-;;. The zero-order chi connectivity index (χ0) is 10.6. The molecule has 1 nitrogen and oxygen atoms in total. The number of rotatable bonds is 1. The van der Waals surface area contributed by atoms with E-state index in [-0.39, 0.29) is 0 Å². The Kier molecular flexibility index (Phi) is 24.2. The van der Waals surface area contributed by atoms with E-state index in [2.05, 4.69) is 0 Å². The molecular weight excluding hydrogens is 146 g/mol. The quantitative estimate of drug-likeness (QED) is 0.595. The molecule has 0 unspecified atom stereocenters. The van der Waals surface area contributed by atoms with Crippen molar-refractivity contribution in [3.8, 4) is 0 Å². The van der Waals surface area contributed by atoms with Gasteiger partial charge in [0.25, 0.3) is 0 Å². The summed E-state index contributed by atoms with van der Waals surface area (Å²) in [6.45, 7) is 13.9. The molecule has 0 aromatic rings. The summed E-state index contributed by atoms with van der Waals surface area (Å²) in [7, 11) is 0. The van der Waals surface area contributed by atoms with Gasteiger partial charge in [-0.2, -0.15) is 0 Å². The molecule has 0 spiro atoms. The minimum absolute atomic E-state index is 0.868. The Balaban J connectivity index is -0.000000175. The fraction of sp³-hybridized carbons (Fsp3) is 0.636. The van der Waals surface area contributed by atoms with Crippen LogP contribution in [0.2, 0.25) is 0 Å². The molecule has 12 heavy (non-hydrogen) atoms. The second-order valence-electron chi connectivity index (χ2n) is 1.96. The number of hydrogen-bond acceptors (Lipinski definition) is 1. The molecule has 0 aromatic carbocycles. The van der Waals surface area contributed by atoms with Crippen molar-refractivity contribution in [1.29, 1.82) is 0 Å². The highest BCUT2D eigenvalue weighted by Gasteiger charge is 1.81. The summed E-state index contributed by atoms with van der Waals surface area (Å²) in [6, 6.07) is 0. The van der Waals surface area contributed by atoms with Crippen LogP contribution in [0.4, 0.5) is 0 Å². The fourth-order valence-electron chi connectivity index (χ4n) is 0.346. The van der Waals surface area contributed by atoms with E-state index in [4.69, 9.17) is 5.73 Å². The van der Waals surface area contributed by atoms with E-state index in [1.54, 1.807) is 0 Å². The van der Waals surface area contributed by atoms with Gasteiger partial charge in [-0.25, -0.2) is 0 Å². The molecule has 0 radical (unpaired) electrons. The summed E-state index contributed by atoms with van der Waals surface area (Å²) >= 11 is 0. The highest BCUT2D eigenvalue weighted by Crippen LogP contribution is 1.95. The Hall–Kier alpha value is -0.720. The predicted molar refractivity (Wildman–Crippen MR) is 60.1 cm³/mol. The van der Waals surface area contributed by atoms with Gasteiger partial charge in [0.1, 0.15) is 0 Å². The van der Waals surface area contributed by atoms with Gasteiger partial charge in [0, 0.05) is 5.70 Å². The van der Waals surface area contributed by atoms with Gasteiger partial charge >= 0.3 is 0 Å². The van der Waals surface area contributed by atoms with Crippen molar-refractivity contribution >= 4 is 0 Å². The molecule has 0 fully saturated rings. The van der Waals surface area contributed by atoms with Gasteiger partial charge < -0.3 is 5.73 Å². The SMILES string of the molecule is C/C=C\C(N)=C(C)C.CC.CC. The third-order valence-corrected chi connectivity index (χ3v) is 0.924. The lowest BCUT2D eigenvalue weighted by Gasteiger charge is -1.92. The minimum atomic E-state index is 0.868. The highest BCUT2D eigenvalue weighted by atomic mass is 14.6. The van der Waals surface area contributed by atoms with Crippen LogP contribution in [0.3, 0.4) is 0 Å². The summed E-state index contributed by atoms with van der Waals surface area (Å²) in [6.07, 6.45) is 3.83. The van der Waals surface area contributed by atoms with Gasteiger partial charge in [0.05, 0.1) is 0 Å². The van der Waals surface area contributed by atoms with E-state index in [1.165, 1.54) is 5.57 Å². The Labute approximate surface area is 78.4 Å². The van der Waals surface area contributed by atoms with Crippen LogP contribution in [-0.2, 0) is 0 Å². The summed E-state index contributed by atoms with van der Waals surface area (Å²) in [5.41, 5.74) is 7.56. The topological polar surface area (TPSA) is 26.0 Å². The molecule has 0 bridgehead atoms. The van der Waals surface area contributed by atoms with Gasteiger partial charge in [-0.1, -0.05) is 39.3 Å². The fourth-order valence-corrected chi connectivity index (χ4v) is 0.346. The lowest BCUT2D eigenvalue weighted by molar-refractivity contribution is 1.25. The molecule has 0 amide bonds. The maximum Gasteiger partial charge on any atom is 0.0296 e. The summed E-state index contributed by atoms with van der Waals surface area (Å²) in [4.78, 5) is 0. The van der Waals surface area contributed by atoms with Crippen LogP contribution in [0.1, 0.15) is 48.5 Å². The third kappa shape index (κ3) is 16.1. The molecule has 0 aliphatic rings. The van der Waals surface area contributed by atoms with Gasteiger partial charge in [0.2, 0.25) is 0 Å². The van der Waals surface area contributed by atoms with Crippen molar-refractivity contribution in [1.82, 2.24) is 0 Å². The molecule has 2 N–H and O–H groups in total. The minimum Gasteiger partial charge on any atom is -0.399 e. The molecule has 1 heteroatoms. The highest BCUT2D eigenvalue weighted by molar-refractivity contribution is 5.18. The zero-order valence-electron chi connectivity index (χ0n) is 9.73. The Morgan fingerprint density at radius 3 is 1.42 bits per heavy atom. The summed E-state index contributed by atoms with van der Waals surface area (Å²) in [5.74, 6) is 0. The van der Waals surface area contributed by atoms with Gasteiger partial charge in [-0.15, -0.1) is 0 Å². The third-order valence-electron chi connectivity index (χ3n) is 0.924. The normalized spacial score (nSPS) is 7.58. The van der Waals surface area contributed by atoms with E-state index in [0.29, 0.717) is 0 Å². The molecule has 0 atom stereocenters. The van der Waals surface area contributed by atoms with Crippen LogP contribution < -0.4 is 5.73 Å². The first kappa shape index (κ1) is 17.4. The molecule has 74 valence electrons. The van der Waals surface area contributed by atoms with Gasteiger partial charge in [-0.3, -0.25) is 0 Å².